The maximum Gasteiger partial charge on any atom is 0.296 e. The summed E-state index contributed by atoms with van der Waals surface area (Å²) in [6.45, 7) is 3.23. The van der Waals surface area contributed by atoms with Crippen LogP contribution in [0.4, 0.5) is 45.5 Å². The number of nitrogens with two attached hydrogens (primary N) is 2. The number of rotatable bonds is 14. The molecule has 27 heteroatoms. The molecule has 0 amide bonds. The van der Waals surface area contributed by atoms with Crippen LogP contribution in [-0.2, 0) is 39.0 Å². The summed E-state index contributed by atoms with van der Waals surface area (Å²) in [4.78, 5) is -0.780. The number of fused-ring (bicyclic) bond motifs is 2. The van der Waals surface area contributed by atoms with Crippen molar-refractivity contribution in [3.05, 3.63) is 89.1 Å². The molecular weight excluding hydrogens is 889 g/mol. The van der Waals surface area contributed by atoms with E-state index in [1.54, 1.807) is 13.8 Å². The molecular formula is C34H28N8O15S4. The number of hydrogen-bond acceptors (Lipinski definition) is 22. The zero-order chi connectivity index (χ0) is 44.4. The van der Waals surface area contributed by atoms with Crippen LogP contribution in [0, 0.1) is 19.1 Å². The summed E-state index contributed by atoms with van der Waals surface area (Å²) >= 11 is 0.914. The highest BCUT2D eigenvalue weighted by Crippen LogP contribution is 2.46. The Bertz CT molecular complexity index is 3060. The lowest BCUT2D eigenvalue weighted by molar-refractivity contribution is -0.435. The number of hydrogen-bond donors (Lipinski definition) is 8. The molecule has 6 aromatic rings. The van der Waals surface area contributed by atoms with Gasteiger partial charge in [0.15, 0.2) is 0 Å². The summed E-state index contributed by atoms with van der Waals surface area (Å²) < 4.78 is 76.4. The SMILES string of the molecule is Cc1cc(N=[N+]([O-])c2ccc(N=Nc3c(S(=O)(=O)O)cc4cc(SOOO)cc(O)c4c3N)c(C)c2)ccc1N=Nc1c(SOOO)cc2cc(S(=O)(=O)O)cc(O)c2c1N. The molecule has 0 unspecified atom stereocenters. The monoisotopic (exact) mass is 916 g/mol. The first kappa shape index (κ1) is 44.5. The molecule has 6 aromatic carbocycles. The zero-order valence-corrected chi connectivity index (χ0v) is 34.0. The molecule has 61 heavy (non-hydrogen) atoms. The van der Waals surface area contributed by atoms with Crippen molar-refractivity contribution in [3.8, 4) is 11.5 Å². The summed E-state index contributed by atoms with van der Waals surface area (Å²) in [6.07, 6.45) is 0. The van der Waals surface area contributed by atoms with E-state index in [0.717, 1.165) is 18.2 Å². The third-order valence-corrected chi connectivity index (χ3v) is 11.4. The fraction of sp³-hybridized carbons (Fsp3) is 0.0588. The third kappa shape index (κ3) is 9.78. The van der Waals surface area contributed by atoms with Crippen LogP contribution in [0.25, 0.3) is 21.5 Å². The van der Waals surface area contributed by atoms with Crippen molar-refractivity contribution >= 4 is 111 Å². The highest BCUT2D eigenvalue weighted by molar-refractivity contribution is 7.95. The number of phenolic OH excluding ortho intramolecular Hbond substituents is 2. The van der Waals surface area contributed by atoms with Gasteiger partial charge in [0.1, 0.15) is 33.5 Å². The fourth-order valence-corrected chi connectivity index (χ4v) is 7.96. The largest absolute Gasteiger partial charge is 0.594 e. The van der Waals surface area contributed by atoms with Crippen molar-refractivity contribution in [2.45, 2.75) is 33.4 Å². The van der Waals surface area contributed by atoms with E-state index >= 15 is 0 Å². The van der Waals surface area contributed by atoms with Crippen LogP contribution in [0.15, 0.2) is 118 Å². The lowest BCUT2D eigenvalue weighted by atomic mass is 10.1. The van der Waals surface area contributed by atoms with Crippen molar-refractivity contribution in [2.24, 2.45) is 25.6 Å². The number of phenols is 2. The quantitative estimate of drug-likeness (QED) is 0.00958. The molecule has 6 rings (SSSR count). The average molecular weight is 917 g/mol. The minimum absolute atomic E-state index is 0.0248. The molecule has 0 fully saturated rings. The highest BCUT2D eigenvalue weighted by Gasteiger charge is 2.24. The second-order valence-electron chi connectivity index (χ2n) is 12.5. The van der Waals surface area contributed by atoms with Crippen LogP contribution < -0.4 is 11.5 Å². The Labute approximate surface area is 351 Å². The topological polar surface area (TPSA) is 366 Å². The zero-order valence-electron chi connectivity index (χ0n) is 30.8. The van der Waals surface area contributed by atoms with E-state index in [-0.39, 0.29) is 71.1 Å². The Morgan fingerprint density at radius 3 is 1.85 bits per heavy atom. The molecule has 0 saturated carbocycles. The number of aromatic hydroxyl groups is 2. The lowest BCUT2D eigenvalue weighted by Gasteiger charge is -2.12. The van der Waals surface area contributed by atoms with Gasteiger partial charge < -0.3 is 26.9 Å². The fourth-order valence-electron chi connectivity index (χ4n) is 5.80. The summed E-state index contributed by atoms with van der Waals surface area (Å²) in [5, 5.41) is 79.3. The van der Waals surface area contributed by atoms with Gasteiger partial charge in [-0.05, 0) is 90.3 Å². The maximum atomic E-state index is 13.1. The van der Waals surface area contributed by atoms with Crippen LogP contribution >= 0.6 is 24.1 Å². The van der Waals surface area contributed by atoms with Gasteiger partial charge in [-0.15, -0.1) is 18.9 Å². The normalized spacial score (nSPS) is 12.7. The summed E-state index contributed by atoms with van der Waals surface area (Å²) in [7, 11) is -9.64. The smallest absolute Gasteiger partial charge is 0.296 e. The molecule has 0 bridgehead atoms. The van der Waals surface area contributed by atoms with Gasteiger partial charge in [-0.1, -0.05) is 14.9 Å². The minimum atomic E-state index is -4.94. The molecule has 0 aromatic heterocycles. The molecule has 0 atom stereocenters. The van der Waals surface area contributed by atoms with Crippen molar-refractivity contribution in [3.63, 3.8) is 0 Å². The molecule has 0 heterocycles. The number of aryl methyl sites for hydroxylation is 2. The predicted molar refractivity (Wildman–Crippen MR) is 217 cm³/mol. The average Bonchev–Trinajstić information content (AvgIpc) is 3.18. The third-order valence-electron chi connectivity index (χ3n) is 8.53. The van der Waals surface area contributed by atoms with Crippen LogP contribution in [0.2, 0.25) is 0 Å². The van der Waals surface area contributed by atoms with Crippen molar-refractivity contribution < 1.29 is 70.3 Å². The van der Waals surface area contributed by atoms with Crippen molar-refractivity contribution in [1.29, 1.82) is 0 Å². The summed E-state index contributed by atoms with van der Waals surface area (Å²) in [5.74, 6) is -1.01. The highest BCUT2D eigenvalue weighted by atomic mass is 32.2. The molecule has 10 N–H and O–H groups in total. The molecule has 0 aliphatic heterocycles. The second-order valence-corrected chi connectivity index (χ2v) is 16.8. The molecule has 0 aliphatic rings. The Balaban J connectivity index is 1.26. The van der Waals surface area contributed by atoms with E-state index in [2.05, 4.69) is 44.3 Å². The maximum absolute atomic E-state index is 13.1. The number of benzene rings is 6. The van der Waals surface area contributed by atoms with E-state index in [0.29, 0.717) is 40.1 Å². The number of nitrogens with zero attached hydrogens (tertiary/aromatic N) is 6. The van der Waals surface area contributed by atoms with Crippen LogP contribution in [0.3, 0.4) is 0 Å². The van der Waals surface area contributed by atoms with Gasteiger partial charge in [0.25, 0.3) is 20.2 Å². The van der Waals surface area contributed by atoms with E-state index in [4.69, 9.17) is 22.0 Å². The van der Waals surface area contributed by atoms with E-state index in [1.807, 2.05) is 0 Å². The number of nitrogen functional groups attached to an aromatic ring is 2. The Morgan fingerprint density at radius 2 is 1.25 bits per heavy atom. The first-order valence-electron chi connectivity index (χ1n) is 16.5. The first-order chi connectivity index (χ1) is 28.8. The van der Waals surface area contributed by atoms with Gasteiger partial charge in [0.2, 0.25) is 5.69 Å². The molecule has 0 radical (unpaired) electrons. The van der Waals surface area contributed by atoms with Crippen molar-refractivity contribution in [2.75, 3.05) is 11.5 Å². The minimum Gasteiger partial charge on any atom is -0.594 e. The summed E-state index contributed by atoms with van der Waals surface area (Å²) in [5.41, 5.74) is 13.1. The van der Waals surface area contributed by atoms with E-state index < -0.39 is 47.2 Å². The van der Waals surface area contributed by atoms with E-state index in [1.165, 1.54) is 54.6 Å². The van der Waals surface area contributed by atoms with Gasteiger partial charge in [0.05, 0.1) is 56.6 Å². The standard InChI is InChI=1S/C34H28N8O15S4/c1-15-7-19(3-5-23(15)37-39-33-27(59-57-55-47)11-18-10-22(60(48,49)50)14-26(44)30(18)31(33)35)41-42(45)20-4-6-24(16(2)8-20)38-40-34-28(61(51,52)53)12-17-9-21(58-56-54-46)13-25(43)29(17)32(34)36/h3-14,43-44,46-47H,35-36H2,1-2H3,(H,48,49,50)(H,51,52,53). The second kappa shape index (κ2) is 17.9. The van der Waals surface area contributed by atoms with Gasteiger partial charge in [-0.3, -0.25) is 9.11 Å². The van der Waals surface area contributed by atoms with Crippen LogP contribution in [0.5, 0.6) is 11.5 Å². The molecule has 318 valence electrons. The predicted octanol–water partition coefficient (Wildman–Crippen LogP) is 9.29. The molecule has 23 nitrogen and oxygen atoms in total. The van der Waals surface area contributed by atoms with Gasteiger partial charge in [0, 0.05) is 39.0 Å². The van der Waals surface area contributed by atoms with E-state index in [9.17, 15) is 41.4 Å². The summed E-state index contributed by atoms with van der Waals surface area (Å²) in [6, 6.07) is 15.3. The Hall–Kier alpha value is -6.08. The molecule has 0 aliphatic carbocycles. The Morgan fingerprint density at radius 1 is 0.672 bits per heavy atom. The number of anilines is 2. The molecule has 0 spiro atoms. The van der Waals surface area contributed by atoms with Crippen molar-refractivity contribution in [1.82, 2.24) is 0 Å². The van der Waals surface area contributed by atoms with Crippen LogP contribution in [-0.4, -0.2) is 51.5 Å². The van der Waals surface area contributed by atoms with Crippen LogP contribution in [0.1, 0.15) is 11.1 Å². The first-order valence-corrected chi connectivity index (χ1v) is 20.8. The molecule has 0 saturated heterocycles. The van der Waals surface area contributed by atoms with Gasteiger partial charge >= 0.3 is 0 Å². The number of azo groups is 3. The van der Waals surface area contributed by atoms with Gasteiger partial charge in [-0.2, -0.15) is 27.1 Å². The Kier molecular flexibility index (Phi) is 13.0. The van der Waals surface area contributed by atoms with Gasteiger partial charge in [-0.25, -0.2) is 10.5 Å². The lowest BCUT2D eigenvalue weighted by Crippen LogP contribution is -2.02.